The molecule has 0 radical (unpaired) electrons. The smallest absolute Gasteiger partial charge is 0.223 e. The van der Waals surface area contributed by atoms with Gasteiger partial charge in [0.25, 0.3) is 0 Å². The molecular formula is C54H50O7S. The second-order valence-corrected chi connectivity index (χ2v) is 16.9. The Kier molecular flexibility index (Phi) is 13.2. The average Bonchev–Trinajstić information content (AvgIpc) is 3.74. The molecule has 0 amide bonds. The summed E-state index contributed by atoms with van der Waals surface area (Å²) in [6.45, 7) is 1.17. The van der Waals surface area contributed by atoms with Gasteiger partial charge in [0.2, 0.25) is 5.79 Å². The van der Waals surface area contributed by atoms with Crippen molar-refractivity contribution in [1.82, 2.24) is 0 Å². The monoisotopic (exact) mass is 842 g/mol. The molecule has 62 heavy (non-hydrogen) atoms. The quantitative estimate of drug-likeness (QED) is 0.0978. The fourth-order valence-corrected chi connectivity index (χ4v) is 9.54. The molecule has 1 aliphatic heterocycles. The molecular weight excluding hydrogens is 793 g/mol. The number of methoxy groups -OCH3 is 1. The molecule has 1 aliphatic rings. The average molecular weight is 843 g/mol. The summed E-state index contributed by atoms with van der Waals surface area (Å²) in [4.78, 5) is 1.17. The molecule has 8 heteroatoms. The molecule has 8 aromatic rings. The molecule has 1 fully saturated rings. The summed E-state index contributed by atoms with van der Waals surface area (Å²) < 4.78 is 42.0. The summed E-state index contributed by atoms with van der Waals surface area (Å²) >= 11 is 1.75. The van der Waals surface area contributed by atoms with Crippen molar-refractivity contribution < 1.29 is 33.5 Å². The molecule has 7 aromatic carbocycles. The Bertz CT molecular complexity index is 2620. The maximum absolute atomic E-state index is 13.8. The molecule has 314 valence electrons. The second-order valence-electron chi connectivity index (χ2n) is 15.7. The van der Waals surface area contributed by atoms with Gasteiger partial charge in [0.05, 0.1) is 40.1 Å². The Morgan fingerprint density at radius 2 is 1.08 bits per heavy atom. The zero-order valence-electron chi connectivity index (χ0n) is 34.7. The molecule has 0 bridgehead atoms. The van der Waals surface area contributed by atoms with Gasteiger partial charge in [0, 0.05) is 32.5 Å². The number of ether oxygens (including phenoxy) is 6. The lowest BCUT2D eigenvalue weighted by Crippen LogP contribution is -2.65. The van der Waals surface area contributed by atoms with Crippen molar-refractivity contribution >= 4 is 32.2 Å². The minimum Gasteiger partial charge on any atom is -0.496 e. The van der Waals surface area contributed by atoms with Crippen molar-refractivity contribution in [3.63, 3.8) is 0 Å². The minimum absolute atomic E-state index is 0.107. The first kappa shape index (κ1) is 41.7. The van der Waals surface area contributed by atoms with Crippen LogP contribution >= 0.6 is 11.3 Å². The fraction of sp³-hybridized carbons (Fsp3) is 0.222. The maximum atomic E-state index is 13.8. The molecule has 1 saturated heterocycles. The lowest BCUT2D eigenvalue weighted by atomic mass is 9.84. The van der Waals surface area contributed by atoms with E-state index in [9.17, 15) is 5.11 Å². The lowest BCUT2D eigenvalue weighted by molar-refractivity contribution is -0.378. The summed E-state index contributed by atoms with van der Waals surface area (Å²) in [5, 5.41) is 16.6. The predicted molar refractivity (Wildman–Crippen MR) is 245 cm³/mol. The number of aliphatic hydroxyl groups is 1. The number of rotatable bonds is 17. The first-order valence-corrected chi connectivity index (χ1v) is 21.9. The number of hydrogen-bond donors (Lipinski definition) is 1. The van der Waals surface area contributed by atoms with Crippen LogP contribution < -0.4 is 4.74 Å². The first-order chi connectivity index (χ1) is 30.6. The highest BCUT2D eigenvalue weighted by Crippen LogP contribution is 2.47. The second kappa shape index (κ2) is 19.6. The standard InChI is InChI=1S/C54H50O7S/c1-56-50-43(31-44-30-42-26-14-17-29-49(42)62-44)32-47(45-27-15-16-28-46(45)50)54(55)53(60-36-41-24-12-5-13-25-41)52(59-35-40-22-10-4-11-23-40)51(58-34-39-20-8-3-9-21-39)48(61-54)37-57-33-38-18-6-2-7-19-38/h2-30,32,48,51-53,55H,31,33-37H2,1H3/t48-,51+,52-,53-,54?/m1/s1. The van der Waals surface area contributed by atoms with Gasteiger partial charge in [-0.25, -0.2) is 0 Å². The summed E-state index contributed by atoms with van der Waals surface area (Å²) in [7, 11) is 1.70. The van der Waals surface area contributed by atoms with Gasteiger partial charge < -0.3 is 33.5 Å². The van der Waals surface area contributed by atoms with Crippen LogP contribution in [-0.2, 0) is 62.3 Å². The van der Waals surface area contributed by atoms with Gasteiger partial charge in [0.1, 0.15) is 30.2 Å². The Balaban J connectivity index is 1.19. The molecule has 5 atom stereocenters. The highest BCUT2D eigenvalue weighted by molar-refractivity contribution is 7.19. The van der Waals surface area contributed by atoms with Crippen LogP contribution in [0.15, 0.2) is 182 Å². The Hall–Kier alpha value is -5.68. The maximum Gasteiger partial charge on any atom is 0.223 e. The van der Waals surface area contributed by atoms with E-state index >= 15 is 0 Å². The number of hydrogen-bond acceptors (Lipinski definition) is 8. The molecule has 9 rings (SSSR count). The van der Waals surface area contributed by atoms with Crippen LogP contribution in [0.5, 0.6) is 5.75 Å². The number of fused-ring (bicyclic) bond motifs is 2. The van der Waals surface area contributed by atoms with E-state index in [4.69, 9.17) is 28.4 Å². The van der Waals surface area contributed by atoms with E-state index in [1.54, 1.807) is 18.4 Å². The van der Waals surface area contributed by atoms with Crippen LogP contribution in [0.25, 0.3) is 20.9 Å². The normalized spacial score (nSPS) is 20.1. The summed E-state index contributed by atoms with van der Waals surface area (Å²) in [5.41, 5.74) is 5.39. The van der Waals surface area contributed by atoms with E-state index in [-0.39, 0.29) is 26.4 Å². The lowest BCUT2D eigenvalue weighted by Gasteiger charge is -2.50. The Morgan fingerprint density at radius 3 is 1.68 bits per heavy atom. The van der Waals surface area contributed by atoms with Gasteiger partial charge in [-0.15, -0.1) is 11.3 Å². The van der Waals surface area contributed by atoms with Crippen LogP contribution in [0, 0.1) is 0 Å². The Morgan fingerprint density at radius 1 is 0.565 bits per heavy atom. The fourth-order valence-electron chi connectivity index (χ4n) is 8.46. The molecule has 0 aliphatic carbocycles. The molecule has 0 spiro atoms. The van der Waals surface area contributed by atoms with Crippen molar-refractivity contribution in [1.29, 1.82) is 0 Å². The third kappa shape index (κ3) is 9.38. The SMILES string of the molecule is COc1c(Cc2cc3ccccc3s2)cc(C2(O)O[C@H](COCc3ccccc3)[C@H](OCc3ccccc3)[C@@H](OCc3ccccc3)[C@H]2OCc2ccccc2)c2ccccc12. The van der Waals surface area contributed by atoms with E-state index in [0.29, 0.717) is 18.6 Å². The van der Waals surface area contributed by atoms with Gasteiger partial charge in [-0.3, -0.25) is 0 Å². The summed E-state index contributed by atoms with van der Waals surface area (Å²) in [5.74, 6) is -1.32. The number of benzene rings is 7. The molecule has 7 nitrogen and oxygen atoms in total. The van der Waals surface area contributed by atoms with Crippen LogP contribution in [-0.4, -0.2) is 43.2 Å². The van der Waals surface area contributed by atoms with Crippen molar-refractivity contribution in [2.45, 2.75) is 63.1 Å². The van der Waals surface area contributed by atoms with Crippen molar-refractivity contribution in [2.24, 2.45) is 0 Å². The zero-order valence-corrected chi connectivity index (χ0v) is 35.5. The third-order valence-electron chi connectivity index (χ3n) is 11.4. The largest absolute Gasteiger partial charge is 0.496 e. The molecule has 1 N–H and O–H groups in total. The summed E-state index contributed by atoms with van der Waals surface area (Å²) in [6.07, 6.45) is -2.85. The zero-order chi connectivity index (χ0) is 42.1. The van der Waals surface area contributed by atoms with E-state index in [2.05, 4.69) is 30.3 Å². The Labute approximate surface area is 367 Å². The van der Waals surface area contributed by atoms with Crippen molar-refractivity contribution in [3.05, 3.63) is 220 Å². The van der Waals surface area contributed by atoms with E-state index in [1.807, 2.05) is 152 Å². The van der Waals surface area contributed by atoms with Crippen LogP contribution in [0.2, 0.25) is 0 Å². The highest BCUT2D eigenvalue weighted by atomic mass is 32.1. The predicted octanol–water partition coefficient (Wildman–Crippen LogP) is 11.2. The van der Waals surface area contributed by atoms with Crippen LogP contribution in [0.1, 0.15) is 38.3 Å². The third-order valence-corrected chi connectivity index (χ3v) is 12.6. The van der Waals surface area contributed by atoms with Gasteiger partial charge in [0.15, 0.2) is 0 Å². The van der Waals surface area contributed by atoms with Gasteiger partial charge >= 0.3 is 0 Å². The van der Waals surface area contributed by atoms with Crippen LogP contribution in [0.3, 0.4) is 0 Å². The molecule has 0 saturated carbocycles. The molecule has 1 aromatic heterocycles. The van der Waals surface area contributed by atoms with Crippen molar-refractivity contribution in [2.75, 3.05) is 13.7 Å². The minimum atomic E-state index is -2.07. The van der Waals surface area contributed by atoms with E-state index < -0.39 is 30.2 Å². The van der Waals surface area contributed by atoms with E-state index in [1.165, 1.54) is 15.0 Å². The van der Waals surface area contributed by atoms with Gasteiger partial charge in [-0.05, 0) is 51.2 Å². The first-order valence-electron chi connectivity index (χ1n) is 21.1. The highest BCUT2D eigenvalue weighted by Gasteiger charge is 2.58. The van der Waals surface area contributed by atoms with Gasteiger partial charge in [-0.2, -0.15) is 0 Å². The summed E-state index contributed by atoms with van der Waals surface area (Å²) in [6, 6.07) is 60.8. The number of thiophene rings is 1. The van der Waals surface area contributed by atoms with Crippen molar-refractivity contribution in [3.8, 4) is 5.75 Å². The topological polar surface area (TPSA) is 75.6 Å². The molecule has 1 unspecified atom stereocenters. The van der Waals surface area contributed by atoms with Gasteiger partial charge in [-0.1, -0.05) is 164 Å². The molecule has 2 heterocycles. The van der Waals surface area contributed by atoms with Crippen LogP contribution in [0.4, 0.5) is 0 Å². The van der Waals surface area contributed by atoms with E-state index in [0.717, 1.165) is 44.3 Å².